The highest BCUT2D eigenvalue weighted by Gasteiger charge is 2.01. The lowest BCUT2D eigenvalue weighted by Crippen LogP contribution is -2.05. The van der Waals surface area contributed by atoms with E-state index >= 15 is 0 Å². The molecule has 0 radical (unpaired) electrons. The summed E-state index contributed by atoms with van der Waals surface area (Å²) < 4.78 is 0. The fourth-order valence-corrected chi connectivity index (χ4v) is 0.576. The highest BCUT2D eigenvalue weighted by molar-refractivity contribution is 6.54. The Bertz CT molecular complexity index is 108. The second kappa shape index (κ2) is 4.13. The molecule has 54 valence electrons. The first-order valence-electron chi connectivity index (χ1n) is 2.86. The van der Waals surface area contributed by atoms with Gasteiger partial charge in [-0.15, -0.1) is 0 Å². The lowest BCUT2D eigenvalue weighted by atomic mass is 10.4. The maximum Gasteiger partial charge on any atom is 0.145 e. The van der Waals surface area contributed by atoms with Crippen molar-refractivity contribution in [3.8, 4) is 0 Å². The third-order valence-corrected chi connectivity index (χ3v) is 1.41. The van der Waals surface area contributed by atoms with Crippen molar-refractivity contribution in [3.63, 3.8) is 0 Å². The van der Waals surface area contributed by atoms with Crippen molar-refractivity contribution in [2.45, 2.75) is 31.6 Å². The van der Waals surface area contributed by atoms with Crippen molar-refractivity contribution in [3.05, 3.63) is 0 Å². The standard InChI is InChI=1S/C6H11Cl2N/c1-4(2)9-5(3)6(7)8/h4,6H,1-3H3. The Morgan fingerprint density at radius 3 is 1.89 bits per heavy atom. The van der Waals surface area contributed by atoms with Crippen molar-refractivity contribution >= 4 is 28.9 Å². The van der Waals surface area contributed by atoms with Crippen LogP contribution in [0.2, 0.25) is 0 Å². The van der Waals surface area contributed by atoms with Crippen LogP contribution in [0.25, 0.3) is 0 Å². The topological polar surface area (TPSA) is 12.4 Å². The fraction of sp³-hybridized carbons (Fsp3) is 0.833. The molecule has 0 aliphatic rings. The summed E-state index contributed by atoms with van der Waals surface area (Å²) in [6.45, 7) is 5.80. The highest BCUT2D eigenvalue weighted by atomic mass is 35.5. The maximum absolute atomic E-state index is 5.51. The molecule has 0 spiro atoms. The van der Waals surface area contributed by atoms with Crippen LogP contribution in [0.4, 0.5) is 0 Å². The molecule has 0 fully saturated rings. The molecule has 0 unspecified atom stereocenters. The molecule has 0 aliphatic carbocycles. The molecule has 0 bridgehead atoms. The van der Waals surface area contributed by atoms with Gasteiger partial charge < -0.3 is 0 Å². The third kappa shape index (κ3) is 4.73. The molecule has 9 heavy (non-hydrogen) atoms. The van der Waals surface area contributed by atoms with E-state index in [1.165, 1.54) is 0 Å². The first-order valence-corrected chi connectivity index (χ1v) is 3.73. The number of hydrogen-bond donors (Lipinski definition) is 0. The smallest absolute Gasteiger partial charge is 0.145 e. The summed E-state index contributed by atoms with van der Waals surface area (Å²) in [4.78, 5) is 3.68. The van der Waals surface area contributed by atoms with Crippen LogP contribution >= 0.6 is 23.2 Å². The van der Waals surface area contributed by atoms with Gasteiger partial charge in [-0.2, -0.15) is 0 Å². The summed E-state index contributed by atoms with van der Waals surface area (Å²) in [5, 5.41) is 0. The van der Waals surface area contributed by atoms with Crippen molar-refractivity contribution in [1.82, 2.24) is 0 Å². The molecule has 0 aliphatic heterocycles. The Morgan fingerprint density at radius 2 is 1.78 bits per heavy atom. The molecule has 0 aromatic carbocycles. The summed E-state index contributed by atoms with van der Waals surface area (Å²) in [6, 6.07) is 0.282. The lowest BCUT2D eigenvalue weighted by molar-refractivity contribution is 0.833. The van der Waals surface area contributed by atoms with Crippen LogP contribution in [-0.2, 0) is 0 Å². The summed E-state index contributed by atoms with van der Waals surface area (Å²) in [6.07, 6.45) is 0. The second-order valence-electron chi connectivity index (χ2n) is 2.16. The van der Waals surface area contributed by atoms with Crippen molar-refractivity contribution < 1.29 is 0 Å². The first-order chi connectivity index (χ1) is 4.04. The van der Waals surface area contributed by atoms with Crippen LogP contribution in [0.5, 0.6) is 0 Å². The number of alkyl halides is 2. The van der Waals surface area contributed by atoms with Crippen LogP contribution < -0.4 is 0 Å². The highest BCUT2D eigenvalue weighted by Crippen LogP contribution is 2.05. The van der Waals surface area contributed by atoms with E-state index < -0.39 is 4.84 Å². The lowest BCUT2D eigenvalue weighted by Gasteiger charge is -2.01. The molecule has 0 rings (SSSR count). The van der Waals surface area contributed by atoms with Gasteiger partial charge in [0, 0.05) is 11.8 Å². The molecule has 0 atom stereocenters. The predicted octanol–water partition coefficient (Wildman–Crippen LogP) is 2.66. The van der Waals surface area contributed by atoms with E-state index in [1.54, 1.807) is 0 Å². The minimum absolute atomic E-state index is 0.282. The van der Waals surface area contributed by atoms with E-state index in [0.29, 0.717) is 0 Å². The van der Waals surface area contributed by atoms with Crippen LogP contribution in [0, 0.1) is 0 Å². The molecule has 0 heterocycles. The molecule has 0 saturated heterocycles. The minimum atomic E-state index is -0.451. The van der Waals surface area contributed by atoms with Gasteiger partial charge in [0.1, 0.15) is 4.84 Å². The van der Waals surface area contributed by atoms with Gasteiger partial charge in [0.15, 0.2) is 0 Å². The average Bonchev–Trinajstić information content (AvgIpc) is 1.63. The summed E-state index contributed by atoms with van der Waals surface area (Å²) in [7, 11) is 0. The molecule has 1 nitrogen and oxygen atoms in total. The molecular formula is C6H11Cl2N. The number of hydrogen-bond acceptors (Lipinski definition) is 1. The van der Waals surface area contributed by atoms with Crippen LogP contribution in [0.3, 0.4) is 0 Å². The zero-order chi connectivity index (χ0) is 7.44. The zero-order valence-corrected chi connectivity index (χ0v) is 7.37. The van der Waals surface area contributed by atoms with E-state index in [1.807, 2.05) is 20.8 Å². The third-order valence-electron chi connectivity index (χ3n) is 0.778. The van der Waals surface area contributed by atoms with Gasteiger partial charge in [0.05, 0.1) is 0 Å². The van der Waals surface area contributed by atoms with E-state index in [-0.39, 0.29) is 6.04 Å². The van der Waals surface area contributed by atoms with E-state index in [4.69, 9.17) is 23.2 Å². The van der Waals surface area contributed by atoms with E-state index in [2.05, 4.69) is 4.99 Å². The molecule has 0 amide bonds. The molecule has 0 aromatic heterocycles. The van der Waals surface area contributed by atoms with Crippen molar-refractivity contribution in [1.29, 1.82) is 0 Å². The van der Waals surface area contributed by atoms with Crippen LogP contribution in [0.1, 0.15) is 20.8 Å². The van der Waals surface area contributed by atoms with Gasteiger partial charge in [0.25, 0.3) is 0 Å². The second-order valence-corrected chi connectivity index (χ2v) is 3.26. The number of aliphatic imine (C=N–C) groups is 1. The number of nitrogens with zero attached hydrogens (tertiary/aromatic N) is 1. The van der Waals surface area contributed by atoms with Gasteiger partial charge in [-0.05, 0) is 20.8 Å². The fourth-order valence-electron chi connectivity index (χ4n) is 0.464. The largest absolute Gasteiger partial charge is 0.289 e. The SMILES string of the molecule is CC(=NC(C)C)C(Cl)Cl. The quantitative estimate of drug-likeness (QED) is 0.444. The zero-order valence-electron chi connectivity index (χ0n) is 5.86. The maximum atomic E-state index is 5.51. The summed E-state index contributed by atoms with van der Waals surface area (Å²) in [5.41, 5.74) is 0.785. The van der Waals surface area contributed by atoms with Crippen molar-refractivity contribution in [2.24, 2.45) is 4.99 Å². The van der Waals surface area contributed by atoms with Crippen molar-refractivity contribution in [2.75, 3.05) is 0 Å². The Hall–Kier alpha value is 0.250. The Kier molecular flexibility index (Phi) is 4.24. The van der Waals surface area contributed by atoms with E-state index in [9.17, 15) is 0 Å². The molecule has 3 heteroatoms. The number of rotatable bonds is 2. The molecule has 0 saturated carbocycles. The first kappa shape index (κ1) is 9.25. The van der Waals surface area contributed by atoms with Gasteiger partial charge in [-0.1, -0.05) is 23.2 Å². The summed E-state index contributed by atoms with van der Waals surface area (Å²) >= 11 is 11.0. The van der Waals surface area contributed by atoms with Gasteiger partial charge in [0.2, 0.25) is 0 Å². The minimum Gasteiger partial charge on any atom is -0.289 e. The van der Waals surface area contributed by atoms with Crippen LogP contribution in [0.15, 0.2) is 4.99 Å². The van der Waals surface area contributed by atoms with Gasteiger partial charge in [-0.3, -0.25) is 4.99 Å². The Balaban J connectivity index is 3.84. The normalized spacial score (nSPS) is 13.4. The predicted molar refractivity (Wildman–Crippen MR) is 43.7 cm³/mol. The summed E-state index contributed by atoms with van der Waals surface area (Å²) in [5.74, 6) is 0. The average molecular weight is 168 g/mol. The van der Waals surface area contributed by atoms with Gasteiger partial charge >= 0.3 is 0 Å². The van der Waals surface area contributed by atoms with Crippen LogP contribution in [-0.4, -0.2) is 16.6 Å². The number of halogens is 2. The van der Waals surface area contributed by atoms with E-state index in [0.717, 1.165) is 5.71 Å². The molecule has 0 aromatic rings. The Labute approximate surface area is 66.1 Å². The molecule has 0 N–H and O–H groups in total. The Morgan fingerprint density at radius 1 is 1.33 bits per heavy atom. The molecular weight excluding hydrogens is 157 g/mol. The van der Waals surface area contributed by atoms with Gasteiger partial charge in [-0.25, -0.2) is 0 Å². The monoisotopic (exact) mass is 167 g/mol.